The zero-order chi connectivity index (χ0) is 20.4. The molecule has 29 heavy (non-hydrogen) atoms. The molecule has 0 aliphatic heterocycles. The maximum absolute atomic E-state index is 13.1. The second kappa shape index (κ2) is 7.76. The Hall–Kier alpha value is -3.65. The number of halogens is 1. The fourth-order valence-corrected chi connectivity index (χ4v) is 3.82. The first-order valence-electron chi connectivity index (χ1n) is 8.67. The molecule has 4 rings (SSSR count). The zero-order valence-corrected chi connectivity index (χ0v) is 15.8. The minimum atomic E-state index is -0.541. The van der Waals surface area contributed by atoms with Crippen molar-refractivity contribution in [3.8, 4) is 0 Å². The smallest absolute Gasteiger partial charge is 0.287 e. The lowest BCUT2D eigenvalue weighted by Crippen LogP contribution is -2.23. The van der Waals surface area contributed by atoms with Crippen molar-refractivity contribution in [1.82, 2.24) is 9.55 Å². The number of hydrogen-bond acceptors (Lipinski definition) is 5. The first-order valence-corrected chi connectivity index (χ1v) is 9.55. The summed E-state index contributed by atoms with van der Waals surface area (Å²) in [6, 6.07) is 15.3. The Morgan fingerprint density at radius 3 is 2.52 bits per heavy atom. The number of benzene rings is 2. The van der Waals surface area contributed by atoms with E-state index in [4.69, 9.17) is 0 Å². The average molecular weight is 407 g/mol. The molecule has 8 heteroatoms. The van der Waals surface area contributed by atoms with Crippen molar-refractivity contribution in [2.75, 3.05) is 0 Å². The molecule has 0 N–H and O–H groups in total. The van der Waals surface area contributed by atoms with Gasteiger partial charge in [0.25, 0.3) is 5.56 Å². The molecular weight excluding hydrogens is 393 g/mol. The molecule has 0 amide bonds. The quantitative estimate of drug-likeness (QED) is 0.354. The van der Waals surface area contributed by atoms with Gasteiger partial charge in [-0.25, -0.2) is 9.37 Å². The molecule has 0 saturated heterocycles. The van der Waals surface area contributed by atoms with Crippen LogP contribution in [0.1, 0.15) is 17.0 Å². The highest BCUT2D eigenvalue weighted by Crippen LogP contribution is 2.28. The number of aromatic nitrogens is 2. The third-order valence-corrected chi connectivity index (χ3v) is 5.31. The summed E-state index contributed by atoms with van der Waals surface area (Å²) in [6.45, 7) is 0.275. The maximum Gasteiger partial charge on any atom is 0.306 e. The lowest BCUT2D eigenvalue weighted by molar-refractivity contribution is -0.382. The fourth-order valence-electron chi connectivity index (χ4n) is 2.92. The van der Waals surface area contributed by atoms with Gasteiger partial charge in [0.2, 0.25) is 0 Å². The van der Waals surface area contributed by atoms with Crippen molar-refractivity contribution < 1.29 is 9.31 Å². The number of thiophene rings is 1. The highest BCUT2D eigenvalue weighted by atomic mass is 32.1. The van der Waals surface area contributed by atoms with Gasteiger partial charge >= 0.3 is 5.69 Å². The molecule has 4 aromatic rings. The van der Waals surface area contributed by atoms with Gasteiger partial charge in [-0.2, -0.15) is 0 Å². The van der Waals surface area contributed by atoms with Crippen molar-refractivity contribution >= 4 is 39.4 Å². The SMILES string of the molecule is O=c1c2scc([N+](=O)[O-])c2nc(/C=C/c2ccc(F)cc2)n1Cc1ccccc1. The van der Waals surface area contributed by atoms with E-state index in [-0.39, 0.29) is 39.6 Å². The van der Waals surface area contributed by atoms with Crippen LogP contribution in [0, 0.1) is 15.9 Å². The fraction of sp³-hybridized carbons (Fsp3) is 0.0476. The molecule has 144 valence electrons. The van der Waals surface area contributed by atoms with Crippen molar-refractivity contribution in [2.24, 2.45) is 0 Å². The van der Waals surface area contributed by atoms with Gasteiger partial charge in [0, 0.05) is 0 Å². The lowest BCUT2D eigenvalue weighted by Gasteiger charge is -2.10. The molecule has 0 fully saturated rings. The Labute approximate surface area is 168 Å². The van der Waals surface area contributed by atoms with Gasteiger partial charge in [0.1, 0.15) is 16.3 Å². The van der Waals surface area contributed by atoms with Crippen LogP contribution >= 0.6 is 11.3 Å². The molecule has 0 spiro atoms. The van der Waals surface area contributed by atoms with Crippen molar-refractivity contribution in [1.29, 1.82) is 0 Å². The Balaban J connectivity index is 1.87. The summed E-state index contributed by atoms with van der Waals surface area (Å²) >= 11 is 1.02. The number of nitro groups is 1. The molecule has 6 nitrogen and oxygen atoms in total. The van der Waals surface area contributed by atoms with E-state index in [9.17, 15) is 19.3 Å². The monoisotopic (exact) mass is 407 g/mol. The third-order valence-electron chi connectivity index (χ3n) is 4.36. The number of fused-ring (bicyclic) bond motifs is 1. The second-order valence-corrected chi connectivity index (χ2v) is 7.17. The molecule has 0 aliphatic carbocycles. The molecule has 2 heterocycles. The molecule has 0 radical (unpaired) electrons. The number of rotatable bonds is 5. The van der Waals surface area contributed by atoms with Crippen LogP contribution in [-0.4, -0.2) is 14.5 Å². The van der Waals surface area contributed by atoms with Crippen LogP contribution in [0.25, 0.3) is 22.4 Å². The predicted molar refractivity (Wildman–Crippen MR) is 111 cm³/mol. The standard InChI is InChI=1S/C21H14FN3O3S/c22-16-9-6-14(7-10-16)8-11-18-23-19-17(25(27)28)13-29-20(19)21(26)24(18)12-15-4-2-1-3-5-15/h1-11,13H,12H2/b11-8+. The van der Waals surface area contributed by atoms with Crippen LogP contribution in [0.5, 0.6) is 0 Å². The van der Waals surface area contributed by atoms with E-state index >= 15 is 0 Å². The van der Waals surface area contributed by atoms with Crippen LogP contribution in [0.2, 0.25) is 0 Å². The first kappa shape index (κ1) is 18.7. The van der Waals surface area contributed by atoms with E-state index < -0.39 is 4.92 Å². The zero-order valence-electron chi connectivity index (χ0n) is 15.0. The molecule has 0 saturated carbocycles. The molecule has 2 aromatic carbocycles. The van der Waals surface area contributed by atoms with Gasteiger partial charge < -0.3 is 0 Å². The number of nitrogens with zero attached hydrogens (tertiary/aromatic N) is 3. The molecule has 0 bridgehead atoms. The van der Waals surface area contributed by atoms with Gasteiger partial charge in [-0.3, -0.25) is 19.5 Å². The van der Waals surface area contributed by atoms with Crippen LogP contribution in [0.15, 0.2) is 64.8 Å². The Kier molecular flexibility index (Phi) is 5.01. The average Bonchev–Trinajstić information content (AvgIpc) is 3.15. The number of hydrogen-bond donors (Lipinski definition) is 0. The van der Waals surface area contributed by atoms with E-state index in [1.54, 1.807) is 24.3 Å². The van der Waals surface area contributed by atoms with E-state index in [1.165, 1.54) is 22.1 Å². The summed E-state index contributed by atoms with van der Waals surface area (Å²) < 4.78 is 14.9. The van der Waals surface area contributed by atoms with Crippen LogP contribution in [0.3, 0.4) is 0 Å². The van der Waals surface area contributed by atoms with E-state index in [0.717, 1.165) is 16.9 Å². The summed E-state index contributed by atoms with van der Waals surface area (Å²) in [5.74, 6) is -0.0613. The molecule has 0 atom stereocenters. The molecular formula is C21H14FN3O3S. The highest BCUT2D eigenvalue weighted by Gasteiger charge is 2.21. The van der Waals surface area contributed by atoms with Crippen molar-refractivity contribution in [3.05, 3.63) is 103 Å². The van der Waals surface area contributed by atoms with E-state index in [2.05, 4.69) is 4.98 Å². The van der Waals surface area contributed by atoms with Crippen LogP contribution in [0.4, 0.5) is 10.1 Å². The largest absolute Gasteiger partial charge is 0.306 e. The summed E-state index contributed by atoms with van der Waals surface area (Å²) in [4.78, 5) is 28.2. The lowest BCUT2D eigenvalue weighted by atomic mass is 10.2. The second-order valence-electron chi connectivity index (χ2n) is 6.29. The summed E-state index contributed by atoms with van der Waals surface area (Å²) in [6.07, 6.45) is 3.30. The Morgan fingerprint density at radius 2 is 1.83 bits per heavy atom. The summed E-state index contributed by atoms with van der Waals surface area (Å²) in [7, 11) is 0. The molecule has 0 aliphatic rings. The van der Waals surface area contributed by atoms with Crippen LogP contribution in [-0.2, 0) is 6.54 Å². The molecule has 2 aromatic heterocycles. The third kappa shape index (κ3) is 3.83. The van der Waals surface area contributed by atoms with Gasteiger partial charge in [0.05, 0.1) is 16.8 Å². The van der Waals surface area contributed by atoms with Crippen molar-refractivity contribution in [3.63, 3.8) is 0 Å². The van der Waals surface area contributed by atoms with Gasteiger partial charge in [-0.15, -0.1) is 11.3 Å². The van der Waals surface area contributed by atoms with Gasteiger partial charge in [-0.1, -0.05) is 48.5 Å². The van der Waals surface area contributed by atoms with E-state index in [1.807, 2.05) is 30.3 Å². The minimum absolute atomic E-state index is 0.0769. The summed E-state index contributed by atoms with van der Waals surface area (Å²) in [5.41, 5.74) is 1.17. The highest BCUT2D eigenvalue weighted by molar-refractivity contribution is 7.17. The first-order chi connectivity index (χ1) is 14.0. The summed E-state index contributed by atoms with van der Waals surface area (Å²) in [5, 5.41) is 12.6. The van der Waals surface area contributed by atoms with E-state index in [0.29, 0.717) is 5.56 Å². The van der Waals surface area contributed by atoms with Gasteiger partial charge in [-0.05, 0) is 29.3 Å². The Bertz CT molecular complexity index is 1280. The normalized spacial score (nSPS) is 11.3. The van der Waals surface area contributed by atoms with Crippen LogP contribution < -0.4 is 5.56 Å². The topological polar surface area (TPSA) is 78.0 Å². The predicted octanol–water partition coefficient (Wildman–Crippen LogP) is 4.72. The van der Waals surface area contributed by atoms with Crippen molar-refractivity contribution in [2.45, 2.75) is 6.54 Å². The molecule has 0 unspecified atom stereocenters. The van der Waals surface area contributed by atoms with Gasteiger partial charge in [0.15, 0.2) is 5.52 Å². The minimum Gasteiger partial charge on any atom is -0.287 e. The maximum atomic E-state index is 13.1. The Morgan fingerprint density at radius 1 is 1.10 bits per heavy atom.